The van der Waals surface area contributed by atoms with Crippen molar-refractivity contribution in [1.82, 2.24) is 15.0 Å². The summed E-state index contributed by atoms with van der Waals surface area (Å²) in [5.74, 6) is -0.436. The molecule has 0 aromatic carbocycles. The summed E-state index contributed by atoms with van der Waals surface area (Å²) in [7, 11) is 0. The first-order valence-electron chi connectivity index (χ1n) is 6.52. The molecule has 0 unspecified atom stereocenters. The molecule has 1 aromatic heterocycles. The quantitative estimate of drug-likeness (QED) is 0.890. The summed E-state index contributed by atoms with van der Waals surface area (Å²) in [6, 6.07) is 1.50. The van der Waals surface area contributed by atoms with Crippen LogP contribution in [0.4, 0.5) is 0 Å². The van der Waals surface area contributed by atoms with Crippen molar-refractivity contribution in [2.24, 2.45) is 0 Å². The fraction of sp³-hybridized carbons (Fsp3) is 0.692. The minimum Gasteiger partial charge on any atom is -0.476 e. The lowest BCUT2D eigenvalue weighted by atomic mass is 10.0. The van der Waals surface area contributed by atoms with Crippen LogP contribution < -0.4 is 0 Å². The lowest BCUT2D eigenvalue weighted by Gasteiger charge is -2.42. The van der Waals surface area contributed by atoms with Crippen LogP contribution in [0.15, 0.2) is 10.6 Å². The zero-order valence-electron chi connectivity index (χ0n) is 11.7. The summed E-state index contributed by atoms with van der Waals surface area (Å²) in [5.41, 5.74) is 0.178. The highest BCUT2D eigenvalue weighted by Gasteiger charge is 2.26. The summed E-state index contributed by atoms with van der Waals surface area (Å²) in [6.07, 6.45) is 0. The first kappa shape index (κ1) is 14.0. The Labute approximate surface area is 113 Å². The second-order valence-corrected chi connectivity index (χ2v) is 5.92. The summed E-state index contributed by atoms with van der Waals surface area (Å²) in [4.78, 5) is 15.4. The molecular formula is C13H21N3O3. The van der Waals surface area contributed by atoms with Gasteiger partial charge in [-0.15, -0.1) is 0 Å². The van der Waals surface area contributed by atoms with Gasteiger partial charge in [-0.1, -0.05) is 5.16 Å². The minimum absolute atomic E-state index is 0.0247. The number of aromatic nitrogens is 1. The van der Waals surface area contributed by atoms with E-state index in [4.69, 9.17) is 9.63 Å². The van der Waals surface area contributed by atoms with Crippen LogP contribution in [0.25, 0.3) is 0 Å². The van der Waals surface area contributed by atoms with E-state index in [9.17, 15) is 4.79 Å². The molecule has 1 N–H and O–H groups in total. The Hall–Kier alpha value is -1.40. The first-order chi connectivity index (χ1) is 8.86. The first-order valence-corrected chi connectivity index (χ1v) is 6.52. The van der Waals surface area contributed by atoms with Crippen LogP contribution in [0.1, 0.15) is 37.0 Å². The molecule has 2 rings (SSSR count). The summed E-state index contributed by atoms with van der Waals surface area (Å²) in [5, 5.41) is 12.3. The normalized spacial score (nSPS) is 18.7. The lowest BCUT2D eigenvalue weighted by Crippen LogP contribution is -2.53. The average Bonchev–Trinajstić information content (AvgIpc) is 2.77. The van der Waals surface area contributed by atoms with Gasteiger partial charge in [0.25, 0.3) is 0 Å². The molecule has 0 amide bonds. The van der Waals surface area contributed by atoms with Crippen molar-refractivity contribution in [2.75, 3.05) is 26.2 Å². The van der Waals surface area contributed by atoms with Crippen LogP contribution in [0, 0.1) is 0 Å². The molecule has 1 saturated heterocycles. The molecule has 0 saturated carbocycles. The fourth-order valence-electron chi connectivity index (χ4n) is 2.29. The topological polar surface area (TPSA) is 69.8 Å². The molecule has 0 radical (unpaired) electrons. The van der Waals surface area contributed by atoms with E-state index in [1.807, 2.05) is 0 Å². The number of hydrogen-bond donors (Lipinski definition) is 1. The number of carboxylic acids is 1. The average molecular weight is 267 g/mol. The molecule has 1 aliphatic rings. The van der Waals surface area contributed by atoms with Crippen molar-refractivity contribution in [3.05, 3.63) is 17.5 Å². The van der Waals surface area contributed by atoms with Gasteiger partial charge in [-0.2, -0.15) is 0 Å². The van der Waals surface area contributed by atoms with Gasteiger partial charge < -0.3 is 9.63 Å². The molecule has 2 heterocycles. The van der Waals surface area contributed by atoms with Crippen molar-refractivity contribution in [3.63, 3.8) is 0 Å². The van der Waals surface area contributed by atoms with Crippen molar-refractivity contribution in [3.8, 4) is 0 Å². The highest BCUT2D eigenvalue weighted by atomic mass is 16.5. The van der Waals surface area contributed by atoms with Crippen molar-refractivity contribution < 1.29 is 14.4 Å². The third-order valence-corrected chi connectivity index (χ3v) is 3.48. The summed E-state index contributed by atoms with van der Waals surface area (Å²) >= 11 is 0. The van der Waals surface area contributed by atoms with Gasteiger partial charge >= 0.3 is 5.97 Å². The zero-order valence-corrected chi connectivity index (χ0v) is 11.7. The predicted octanol–water partition coefficient (Wildman–Crippen LogP) is 1.29. The van der Waals surface area contributed by atoms with Gasteiger partial charge in [0.1, 0.15) is 0 Å². The van der Waals surface area contributed by atoms with E-state index >= 15 is 0 Å². The maximum absolute atomic E-state index is 10.7. The summed E-state index contributed by atoms with van der Waals surface area (Å²) in [6.45, 7) is 11.2. The molecule has 6 nitrogen and oxygen atoms in total. The van der Waals surface area contributed by atoms with Crippen LogP contribution in [-0.4, -0.2) is 57.8 Å². The van der Waals surface area contributed by atoms with Gasteiger partial charge in [-0.3, -0.25) is 9.80 Å². The molecular weight excluding hydrogens is 246 g/mol. The predicted molar refractivity (Wildman–Crippen MR) is 70.1 cm³/mol. The van der Waals surface area contributed by atoms with Crippen LogP contribution >= 0.6 is 0 Å². The van der Waals surface area contributed by atoms with E-state index < -0.39 is 5.97 Å². The molecule has 0 bridgehead atoms. The third kappa shape index (κ3) is 3.54. The number of piperazine rings is 1. The fourth-order valence-corrected chi connectivity index (χ4v) is 2.29. The molecule has 1 fully saturated rings. The van der Waals surface area contributed by atoms with Crippen molar-refractivity contribution >= 4 is 5.97 Å². The van der Waals surface area contributed by atoms with E-state index in [-0.39, 0.29) is 11.2 Å². The van der Waals surface area contributed by atoms with Gasteiger partial charge in [0.2, 0.25) is 0 Å². The molecule has 0 atom stereocenters. The lowest BCUT2D eigenvalue weighted by molar-refractivity contribution is 0.0553. The number of carbonyl (C=O) groups is 1. The maximum atomic E-state index is 10.7. The Bertz CT molecular complexity index is 442. The van der Waals surface area contributed by atoms with Crippen LogP contribution in [0.5, 0.6) is 0 Å². The van der Waals surface area contributed by atoms with E-state index in [1.54, 1.807) is 0 Å². The van der Waals surface area contributed by atoms with E-state index in [0.29, 0.717) is 12.3 Å². The Morgan fingerprint density at radius 3 is 2.47 bits per heavy atom. The van der Waals surface area contributed by atoms with Gasteiger partial charge in [-0.05, 0) is 20.8 Å². The standard InChI is InChI=1S/C13H21N3O3/c1-13(2,3)16-6-4-15(5-7-16)9-10-8-11(12(17)18)14-19-10/h8H,4-7,9H2,1-3H3,(H,17,18). The second-order valence-electron chi connectivity index (χ2n) is 5.92. The van der Waals surface area contributed by atoms with E-state index in [1.165, 1.54) is 6.07 Å². The highest BCUT2D eigenvalue weighted by Crippen LogP contribution is 2.17. The number of nitrogens with zero attached hydrogens (tertiary/aromatic N) is 3. The highest BCUT2D eigenvalue weighted by molar-refractivity contribution is 5.85. The number of carboxylic acid groups (broad SMARTS) is 1. The Balaban J connectivity index is 1.87. The number of aromatic carboxylic acids is 1. The SMILES string of the molecule is CC(C)(C)N1CCN(Cc2cc(C(=O)O)no2)CC1. The molecule has 1 aromatic rings. The van der Waals surface area contributed by atoms with E-state index in [2.05, 4.69) is 35.7 Å². The number of rotatable bonds is 3. The maximum Gasteiger partial charge on any atom is 0.358 e. The Morgan fingerprint density at radius 2 is 2.00 bits per heavy atom. The molecule has 1 aliphatic heterocycles. The van der Waals surface area contributed by atoms with Gasteiger partial charge in [0.15, 0.2) is 11.5 Å². The molecule has 0 spiro atoms. The van der Waals surface area contributed by atoms with Crippen molar-refractivity contribution in [2.45, 2.75) is 32.9 Å². The largest absolute Gasteiger partial charge is 0.476 e. The van der Waals surface area contributed by atoms with Crippen LogP contribution in [0.3, 0.4) is 0 Å². The van der Waals surface area contributed by atoms with Gasteiger partial charge in [0, 0.05) is 37.8 Å². The van der Waals surface area contributed by atoms with Gasteiger partial charge in [-0.25, -0.2) is 4.79 Å². The molecule has 106 valence electrons. The molecule has 19 heavy (non-hydrogen) atoms. The zero-order chi connectivity index (χ0) is 14.0. The number of hydrogen-bond acceptors (Lipinski definition) is 5. The Morgan fingerprint density at radius 1 is 1.37 bits per heavy atom. The van der Waals surface area contributed by atoms with Crippen LogP contribution in [-0.2, 0) is 6.54 Å². The van der Waals surface area contributed by atoms with Crippen molar-refractivity contribution in [1.29, 1.82) is 0 Å². The third-order valence-electron chi connectivity index (χ3n) is 3.48. The minimum atomic E-state index is -1.05. The smallest absolute Gasteiger partial charge is 0.358 e. The van der Waals surface area contributed by atoms with E-state index in [0.717, 1.165) is 26.2 Å². The van der Waals surface area contributed by atoms with Gasteiger partial charge in [0.05, 0.1) is 6.54 Å². The molecule has 6 heteroatoms. The Kier molecular flexibility index (Phi) is 3.91. The van der Waals surface area contributed by atoms with Crippen LogP contribution in [0.2, 0.25) is 0 Å². The molecule has 0 aliphatic carbocycles. The summed E-state index contributed by atoms with van der Waals surface area (Å²) < 4.78 is 5.04. The monoisotopic (exact) mass is 267 g/mol. The second kappa shape index (κ2) is 5.30.